The summed E-state index contributed by atoms with van der Waals surface area (Å²) in [6.45, 7) is 2.03. The van der Waals surface area contributed by atoms with E-state index in [4.69, 9.17) is 11.6 Å². The Morgan fingerprint density at radius 3 is 2.76 bits per heavy atom. The Morgan fingerprint density at radius 2 is 2.18 bits per heavy atom. The highest BCUT2D eigenvalue weighted by Crippen LogP contribution is 2.27. The van der Waals surface area contributed by atoms with Gasteiger partial charge in [0.2, 0.25) is 0 Å². The van der Waals surface area contributed by atoms with Crippen LogP contribution in [0.5, 0.6) is 0 Å². The van der Waals surface area contributed by atoms with Crippen molar-refractivity contribution in [3.63, 3.8) is 0 Å². The van der Waals surface area contributed by atoms with Crippen LogP contribution >= 0.6 is 11.6 Å². The van der Waals surface area contributed by atoms with E-state index in [1.807, 2.05) is 43.9 Å². The fourth-order valence-electron chi connectivity index (χ4n) is 2.02. The lowest BCUT2D eigenvalue weighted by Crippen LogP contribution is -2.22. The molecule has 0 spiro atoms. The highest BCUT2D eigenvalue weighted by atomic mass is 35.5. The molecule has 4 heteroatoms. The number of nitrogens with zero attached hydrogens (tertiary/aromatic N) is 2. The van der Waals surface area contributed by atoms with E-state index in [0.717, 1.165) is 22.0 Å². The zero-order valence-corrected chi connectivity index (χ0v) is 11.0. The van der Waals surface area contributed by atoms with Gasteiger partial charge in [-0.25, -0.2) is 4.98 Å². The minimum atomic E-state index is 0.0636. The molecule has 0 fully saturated rings. The number of rotatable bonds is 3. The number of hydrogen-bond donors (Lipinski definition) is 1. The van der Waals surface area contributed by atoms with Crippen molar-refractivity contribution in [2.45, 2.75) is 13.0 Å². The van der Waals surface area contributed by atoms with Gasteiger partial charge in [-0.1, -0.05) is 23.7 Å². The third-order valence-electron chi connectivity index (χ3n) is 3.03. The van der Waals surface area contributed by atoms with E-state index in [9.17, 15) is 0 Å². The van der Waals surface area contributed by atoms with Gasteiger partial charge < -0.3 is 9.88 Å². The average Bonchev–Trinajstić information content (AvgIpc) is 2.72. The van der Waals surface area contributed by atoms with E-state index in [1.165, 1.54) is 0 Å². The maximum Gasteiger partial charge on any atom is 0.130 e. The predicted octanol–water partition coefficient (Wildman–Crippen LogP) is 2.69. The lowest BCUT2D eigenvalue weighted by atomic mass is 10.0. The molecule has 17 heavy (non-hydrogen) atoms. The first-order valence-corrected chi connectivity index (χ1v) is 5.92. The molecule has 0 aliphatic heterocycles. The third-order valence-corrected chi connectivity index (χ3v) is 3.44. The zero-order chi connectivity index (χ0) is 12.4. The fraction of sp³-hybridized carbons (Fsp3) is 0.308. The van der Waals surface area contributed by atoms with Crippen LogP contribution < -0.4 is 5.32 Å². The van der Waals surface area contributed by atoms with Crippen LogP contribution in [0, 0.1) is 6.92 Å². The second-order valence-corrected chi connectivity index (χ2v) is 4.48. The van der Waals surface area contributed by atoms with Crippen LogP contribution in [-0.4, -0.2) is 16.6 Å². The predicted molar refractivity (Wildman–Crippen MR) is 70.3 cm³/mol. The smallest absolute Gasteiger partial charge is 0.130 e. The molecule has 2 aromatic rings. The van der Waals surface area contributed by atoms with Crippen molar-refractivity contribution in [1.82, 2.24) is 14.9 Å². The topological polar surface area (TPSA) is 29.9 Å². The zero-order valence-electron chi connectivity index (χ0n) is 10.2. The SMILES string of the molecule is CNC(c1cccc(Cl)c1C)c1nccn1C. The second-order valence-electron chi connectivity index (χ2n) is 4.07. The first-order chi connectivity index (χ1) is 8.15. The molecule has 1 atom stereocenters. The van der Waals surface area contributed by atoms with Crippen LogP contribution in [0.3, 0.4) is 0 Å². The van der Waals surface area contributed by atoms with Gasteiger partial charge in [0.05, 0.1) is 6.04 Å². The summed E-state index contributed by atoms with van der Waals surface area (Å²) >= 11 is 6.16. The Hall–Kier alpha value is -1.32. The van der Waals surface area contributed by atoms with Gasteiger partial charge in [0.15, 0.2) is 0 Å². The number of hydrogen-bond acceptors (Lipinski definition) is 2. The summed E-state index contributed by atoms with van der Waals surface area (Å²) in [6, 6.07) is 6.02. The molecule has 0 saturated carbocycles. The van der Waals surface area contributed by atoms with E-state index in [2.05, 4.69) is 16.4 Å². The van der Waals surface area contributed by atoms with E-state index in [1.54, 1.807) is 6.20 Å². The van der Waals surface area contributed by atoms with Gasteiger partial charge in [-0.15, -0.1) is 0 Å². The Morgan fingerprint density at radius 1 is 1.41 bits per heavy atom. The van der Waals surface area contributed by atoms with E-state index >= 15 is 0 Å². The Balaban J connectivity index is 2.50. The lowest BCUT2D eigenvalue weighted by molar-refractivity contribution is 0.614. The van der Waals surface area contributed by atoms with Crippen molar-refractivity contribution in [3.8, 4) is 0 Å². The van der Waals surface area contributed by atoms with Gasteiger partial charge in [-0.05, 0) is 31.2 Å². The first kappa shape index (κ1) is 12.1. The van der Waals surface area contributed by atoms with Crippen LogP contribution in [0.4, 0.5) is 0 Å². The Bertz CT molecular complexity index is 519. The number of benzene rings is 1. The van der Waals surface area contributed by atoms with Gasteiger partial charge in [0.1, 0.15) is 5.82 Å². The largest absolute Gasteiger partial charge is 0.336 e. The highest BCUT2D eigenvalue weighted by Gasteiger charge is 2.18. The van der Waals surface area contributed by atoms with Gasteiger partial charge >= 0.3 is 0 Å². The number of aromatic nitrogens is 2. The molecule has 1 aromatic carbocycles. The second kappa shape index (κ2) is 4.90. The minimum absolute atomic E-state index is 0.0636. The van der Waals surface area contributed by atoms with Crippen molar-refractivity contribution in [3.05, 3.63) is 52.6 Å². The Labute approximate surface area is 106 Å². The van der Waals surface area contributed by atoms with Crippen molar-refractivity contribution >= 4 is 11.6 Å². The van der Waals surface area contributed by atoms with Crippen LogP contribution in [0.2, 0.25) is 5.02 Å². The molecule has 0 radical (unpaired) electrons. The van der Waals surface area contributed by atoms with Crippen molar-refractivity contribution in [2.75, 3.05) is 7.05 Å². The summed E-state index contributed by atoms with van der Waals surface area (Å²) in [7, 11) is 3.92. The number of nitrogens with one attached hydrogen (secondary N) is 1. The summed E-state index contributed by atoms with van der Waals surface area (Å²) in [4.78, 5) is 4.39. The number of aryl methyl sites for hydroxylation is 1. The van der Waals surface area contributed by atoms with Crippen molar-refractivity contribution in [2.24, 2.45) is 7.05 Å². The summed E-state index contributed by atoms with van der Waals surface area (Å²) in [6.07, 6.45) is 3.75. The van der Waals surface area contributed by atoms with Gasteiger partial charge in [0, 0.05) is 24.5 Å². The summed E-state index contributed by atoms with van der Waals surface area (Å²) in [5.74, 6) is 0.984. The Kier molecular flexibility index (Phi) is 3.50. The molecule has 1 aromatic heterocycles. The molecule has 0 amide bonds. The molecule has 3 nitrogen and oxygen atoms in total. The van der Waals surface area contributed by atoms with Crippen molar-refractivity contribution < 1.29 is 0 Å². The van der Waals surface area contributed by atoms with Gasteiger partial charge in [-0.3, -0.25) is 0 Å². The highest BCUT2D eigenvalue weighted by molar-refractivity contribution is 6.31. The third kappa shape index (κ3) is 2.21. The average molecular weight is 250 g/mol. The molecule has 1 heterocycles. The molecule has 0 aliphatic rings. The molecular weight excluding hydrogens is 234 g/mol. The molecule has 0 aliphatic carbocycles. The quantitative estimate of drug-likeness (QED) is 0.907. The standard InChI is InChI=1S/C13H16ClN3/c1-9-10(5-4-6-11(9)14)12(15-2)13-16-7-8-17(13)3/h4-8,12,15H,1-3H3. The van der Waals surface area contributed by atoms with E-state index < -0.39 is 0 Å². The van der Waals surface area contributed by atoms with Crippen molar-refractivity contribution in [1.29, 1.82) is 0 Å². The van der Waals surface area contributed by atoms with Gasteiger partial charge in [-0.2, -0.15) is 0 Å². The number of imidazole rings is 1. The molecule has 1 N–H and O–H groups in total. The van der Waals surface area contributed by atoms with Crippen LogP contribution in [0.1, 0.15) is 23.0 Å². The molecule has 0 saturated heterocycles. The molecule has 2 rings (SSSR count). The molecular formula is C13H16ClN3. The monoisotopic (exact) mass is 249 g/mol. The van der Waals surface area contributed by atoms with Crippen LogP contribution in [0.15, 0.2) is 30.6 Å². The maximum atomic E-state index is 6.16. The fourth-order valence-corrected chi connectivity index (χ4v) is 2.20. The summed E-state index contributed by atoms with van der Waals surface area (Å²) < 4.78 is 2.02. The van der Waals surface area contributed by atoms with Crippen LogP contribution in [0.25, 0.3) is 0 Å². The van der Waals surface area contributed by atoms with Crippen LogP contribution in [-0.2, 0) is 7.05 Å². The van der Waals surface area contributed by atoms with Gasteiger partial charge in [0.25, 0.3) is 0 Å². The molecule has 1 unspecified atom stereocenters. The van der Waals surface area contributed by atoms with E-state index in [0.29, 0.717) is 0 Å². The normalized spacial score (nSPS) is 12.7. The lowest BCUT2D eigenvalue weighted by Gasteiger charge is -2.19. The number of halogens is 1. The summed E-state index contributed by atoms with van der Waals surface area (Å²) in [5, 5.41) is 4.08. The molecule has 0 bridgehead atoms. The molecule has 90 valence electrons. The first-order valence-electron chi connectivity index (χ1n) is 5.54. The minimum Gasteiger partial charge on any atom is -0.336 e. The maximum absolute atomic E-state index is 6.16. The summed E-state index contributed by atoms with van der Waals surface area (Å²) in [5.41, 5.74) is 2.26. The van der Waals surface area contributed by atoms with E-state index in [-0.39, 0.29) is 6.04 Å².